The SMILES string of the molecule is CCCn1cnc2sc(C(=O)NCc3ccccc3OC)c(C)c2c1=O. The third-order valence-electron chi connectivity index (χ3n) is 4.22. The molecule has 7 heteroatoms. The highest BCUT2D eigenvalue weighted by Crippen LogP contribution is 2.27. The van der Waals surface area contributed by atoms with Gasteiger partial charge in [-0.1, -0.05) is 25.1 Å². The molecule has 0 aliphatic carbocycles. The van der Waals surface area contributed by atoms with Crippen LogP contribution in [0, 0.1) is 6.92 Å². The summed E-state index contributed by atoms with van der Waals surface area (Å²) in [6.07, 6.45) is 2.41. The van der Waals surface area contributed by atoms with Gasteiger partial charge in [-0.3, -0.25) is 14.2 Å². The zero-order valence-electron chi connectivity index (χ0n) is 15.0. The summed E-state index contributed by atoms with van der Waals surface area (Å²) in [5, 5.41) is 3.44. The molecule has 0 bridgehead atoms. The van der Waals surface area contributed by atoms with Crippen molar-refractivity contribution in [3.05, 3.63) is 57.0 Å². The fourth-order valence-corrected chi connectivity index (χ4v) is 3.94. The van der Waals surface area contributed by atoms with Crippen LogP contribution in [0.5, 0.6) is 5.75 Å². The Labute approximate surface area is 155 Å². The molecule has 1 aromatic carbocycles. The molecule has 0 aliphatic heterocycles. The van der Waals surface area contributed by atoms with Crippen LogP contribution < -0.4 is 15.6 Å². The van der Waals surface area contributed by atoms with Crippen LogP contribution in [0.1, 0.15) is 34.1 Å². The molecule has 1 amide bonds. The summed E-state index contributed by atoms with van der Waals surface area (Å²) in [6.45, 7) is 4.78. The number of nitrogens with one attached hydrogen (secondary N) is 1. The number of methoxy groups -OCH3 is 1. The number of fused-ring (bicyclic) bond motifs is 1. The minimum absolute atomic E-state index is 0.0885. The lowest BCUT2D eigenvalue weighted by Gasteiger charge is -2.09. The Bertz CT molecular complexity index is 1010. The second kappa shape index (κ2) is 7.70. The number of amides is 1. The summed E-state index contributed by atoms with van der Waals surface area (Å²) < 4.78 is 6.90. The smallest absolute Gasteiger partial charge is 0.262 e. The second-order valence-corrected chi connectivity index (χ2v) is 6.97. The molecule has 0 spiro atoms. The quantitative estimate of drug-likeness (QED) is 0.723. The van der Waals surface area contributed by atoms with E-state index in [2.05, 4.69) is 10.3 Å². The minimum atomic E-state index is -0.210. The van der Waals surface area contributed by atoms with E-state index in [1.165, 1.54) is 11.3 Å². The molecule has 1 N–H and O–H groups in total. The average Bonchev–Trinajstić information content (AvgIpc) is 3.00. The molecule has 6 nitrogen and oxygen atoms in total. The molecule has 0 unspecified atom stereocenters. The minimum Gasteiger partial charge on any atom is -0.496 e. The van der Waals surface area contributed by atoms with Crippen molar-refractivity contribution in [3.8, 4) is 5.75 Å². The van der Waals surface area contributed by atoms with Crippen molar-refractivity contribution in [1.82, 2.24) is 14.9 Å². The van der Waals surface area contributed by atoms with Gasteiger partial charge in [0, 0.05) is 18.7 Å². The number of hydrogen-bond donors (Lipinski definition) is 1. The number of carbonyl (C=O) groups excluding carboxylic acids is 1. The standard InChI is InChI=1S/C19H21N3O3S/c1-4-9-22-11-21-18-15(19(22)24)12(2)16(26-18)17(23)20-10-13-7-5-6-8-14(13)25-3/h5-8,11H,4,9-10H2,1-3H3,(H,20,23). The Kier molecular flexibility index (Phi) is 5.37. The Morgan fingerprint density at radius 3 is 2.85 bits per heavy atom. The van der Waals surface area contributed by atoms with Gasteiger partial charge in [0.2, 0.25) is 0 Å². The molecule has 2 heterocycles. The van der Waals surface area contributed by atoms with E-state index in [-0.39, 0.29) is 11.5 Å². The third-order valence-corrected chi connectivity index (χ3v) is 5.42. The van der Waals surface area contributed by atoms with Crippen molar-refractivity contribution in [2.24, 2.45) is 0 Å². The zero-order valence-corrected chi connectivity index (χ0v) is 15.9. The van der Waals surface area contributed by atoms with Gasteiger partial charge in [-0.05, 0) is 25.0 Å². The van der Waals surface area contributed by atoms with Gasteiger partial charge in [-0.2, -0.15) is 0 Å². The molecule has 136 valence electrons. The second-order valence-electron chi connectivity index (χ2n) is 5.97. The molecule has 2 aromatic heterocycles. The van der Waals surface area contributed by atoms with E-state index < -0.39 is 0 Å². The lowest BCUT2D eigenvalue weighted by atomic mass is 10.2. The lowest BCUT2D eigenvalue weighted by Crippen LogP contribution is -2.23. The summed E-state index contributed by atoms with van der Waals surface area (Å²) in [5.74, 6) is 0.517. The highest BCUT2D eigenvalue weighted by atomic mass is 32.1. The van der Waals surface area contributed by atoms with E-state index in [1.54, 1.807) is 24.9 Å². The molecule has 0 atom stereocenters. The topological polar surface area (TPSA) is 73.2 Å². The van der Waals surface area contributed by atoms with Gasteiger partial charge >= 0.3 is 0 Å². The Morgan fingerprint density at radius 2 is 2.12 bits per heavy atom. The van der Waals surface area contributed by atoms with Crippen molar-refractivity contribution in [2.75, 3.05) is 7.11 Å². The number of hydrogen-bond acceptors (Lipinski definition) is 5. The molecule has 3 rings (SSSR count). The van der Waals surface area contributed by atoms with Crippen LogP contribution in [0.15, 0.2) is 35.4 Å². The molecule has 26 heavy (non-hydrogen) atoms. The first kappa shape index (κ1) is 18.1. The van der Waals surface area contributed by atoms with E-state index in [4.69, 9.17) is 4.74 Å². The fraction of sp³-hybridized carbons (Fsp3) is 0.316. The number of para-hydroxylation sites is 1. The van der Waals surface area contributed by atoms with Gasteiger partial charge in [0.25, 0.3) is 11.5 Å². The van der Waals surface area contributed by atoms with Crippen LogP contribution >= 0.6 is 11.3 Å². The number of carbonyl (C=O) groups is 1. The third kappa shape index (κ3) is 3.35. The van der Waals surface area contributed by atoms with Gasteiger partial charge in [0.1, 0.15) is 10.6 Å². The number of aromatic nitrogens is 2. The molecular weight excluding hydrogens is 350 g/mol. The normalized spacial score (nSPS) is 10.9. The van der Waals surface area contributed by atoms with Crippen LogP contribution in [-0.4, -0.2) is 22.6 Å². The summed E-state index contributed by atoms with van der Waals surface area (Å²) in [4.78, 5) is 30.7. The first-order chi connectivity index (χ1) is 12.6. The van der Waals surface area contributed by atoms with Crippen molar-refractivity contribution >= 4 is 27.5 Å². The average molecular weight is 371 g/mol. The maximum Gasteiger partial charge on any atom is 0.262 e. The number of ether oxygens (including phenoxy) is 1. The maximum atomic E-state index is 12.7. The van der Waals surface area contributed by atoms with Crippen LogP contribution in [-0.2, 0) is 13.1 Å². The number of aryl methyl sites for hydroxylation is 2. The Morgan fingerprint density at radius 1 is 1.35 bits per heavy atom. The highest BCUT2D eigenvalue weighted by Gasteiger charge is 2.19. The predicted molar refractivity (Wildman–Crippen MR) is 103 cm³/mol. The van der Waals surface area contributed by atoms with Gasteiger partial charge in [-0.25, -0.2) is 4.98 Å². The largest absolute Gasteiger partial charge is 0.496 e. The van der Waals surface area contributed by atoms with E-state index >= 15 is 0 Å². The predicted octanol–water partition coefficient (Wildman–Crippen LogP) is 3.12. The molecule has 0 fully saturated rings. The van der Waals surface area contributed by atoms with Crippen LogP contribution in [0.4, 0.5) is 0 Å². The van der Waals surface area contributed by atoms with Crippen LogP contribution in [0.2, 0.25) is 0 Å². The van der Waals surface area contributed by atoms with Crippen molar-refractivity contribution in [2.45, 2.75) is 33.4 Å². The van der Waals surface area contributed by atoms with E-state index in [0.29, 0.717) is 33.7 Å². The molecule has 3 aromatic rings. The lowest BCUT2D eigenvalue weighted by molar-refractivity contribution is 0.0954. The number of benzene rings is 1. The monoisotopic (exact) mass is 371 g/mol. The van der Waals surface area contributed by atoms with Crippen LogP contribution in [0.3, 0.4) is 0 Å². The zero-order chi connectivity index (χ0) is 18.7. The number of nitrogens with zero attached hydrogens (tertiary/aromatic N) is 2. The van der Waals surface area contributed by atoms with Gasteiger partial charge < -0.3 is 10.1 Å². The number of thiophene rings is 1. The first-order valence-corrected chi connectivity index (χ1v) is 9.27. The number of rotatable bonds is 6. The first-order valence-electron chi connectivity index (χ1n) is 8.45. The summed E-state index contributed by atoms with van der Waals surface area (Å²) in [6, 6.07) is 7.54. The highest BCUT2D eigenvalue weighted by molar-refractivity contribution is 7.20. The molecule has 0 radical (unpaired) electrons. The molecular formula is C19H21N3O3S. The Hall–Kier alpha value is -2.67. The summed E-state index contributed by atoms with van der Waals surface area (Å²) >= 11 is 1.25. The van der Waals surface area contributed by atoms with E-state index in [9.17, 15) is 9.59 Å². The fourth-order valence-electron chi connectivity index (χ4n) is 2.88. The summed E-state index contributed by atoms with van der Waals surface area (Å²) in [7, 11) is 1.60. The van der Waals surface area contributed by atoms with Gasteiger partial charge in [0.15, 0.2) is 0 Å². The van der Waals surface area contributed by atoms with Gasteiger partial charge in [-0.15, -0.1) is 11.3 Å². The van der Waals surface area contributed by atoms with Crippen molar-refractivity contribution in [1.29, 1.82) is 0 Å². The van der Waals surface area contributed by atoms with Crippen molar-refractivity contribution < 1.29 is 9.53 Å². The van der Waals surface area contributed by atoms with Crippen LogP contribution in [0.25, 0.3) is 10.2 Å². The van der Waals surface area contributed by atoms with Crippen molar-refractivity contribution in [3.63, 3.8) is 0 Å². The molecule has 0 aliphatic rings. The molecule has 0 saturated heterocycles. The summed E-state index contributed by atoms with van der Waals surface area (Å²) in [5.41, 5.74) is 1.49. The van der Waals surface area contributed by atoms with Gasteiger partial charge in [0.05, 0.1) is 23.7 Å². The maximum absolute atomic E-state index is 12.7. The van der Waals surface area contributed by atoms with E-state index in [0.717, 1.165) is 17.7 Å². The van der Waals surface area contributed by atoms with E-state index in [1.807, 2.05) is 31.2 Å². The Balaban J connectivity index is 1.88. The molecule has 0 saturated carbocycles.